The van der Waals surface area contributed by atoms with Crippen molar-refractivity contribution in [2.24, 2.45) is 0 Å². The largest absolute Gasteiger partial charge is 0.272 e. The third-order valence-electron chi connectivity index (χ3n) is 2.40. The zero-order valence-electron chi connectivity index (χ0n) is 9.15. The summed E-state index contributed by atoms with van der Waals surface area (Å²) in [7, 11) is -0.884. The number of imide groups is 1. The van der Waals surface area contributed by atoms with Gasteiger partial charge in [0.15, 0.2) is 0 Å². The van der Waals surface area contributed by atoms with Crippen LogP contribution in [0.5, 0.6) is 0 Å². The van der Waals surface area contributed by atoms with Gasteiger partial charge in [-0.15, -0.1) is 0 Å². The van der Waals surface area contributed by atoms with Gasteiger partial charge in [0.1, 0.15) is 0 Å². The molecule has 1 heterocycles. The standard InChI is InChI=1S/C10H15NO3S/c1-7-6-9(12)11(10(7)13)8(2)4-5-15(3)14/h6,8H,4-5H2,1-3H3. The van der Waals surface area contributed by atoms with Crippen molar-refractivity contribution in [3.63, 3.8) is 0 Å². The van der Waals surface area contributed by atoms with Gasteiger partial charge in [-0.25, -0.2) is 0 Å². The third-order valence-corrected chi connectivity index (χ3v) is 3.21. The Kier molecular flexibility index (Phi) is 3.79. The second kappa shape index (κ2) is 4.70. The highest BCUT2D eigenvalue weighted by Gasteiger charge is 2.31. The average molecular weight is 229 g/mol. The Bertz CT molecular complexity index is 349. The Morgan fingerprint density at radius 1 is 1.47 bits per heavy atom. The summed E-state index contributed by atoms with van der Waals surface area (Å²) in [6.45, 7) is 3.43. The third kappa shape index (κ3) is 2.75. The number of hydrogen-bond donors (Lipinski definition) is 0. The zero-order valence-corrected chi connectivity index (χ0v) is 9.97. The molecule has 84 valence electrons. The number of rotatable bonds is 4. The number of nitrogens with zero attached hydrogens (tertiary/aromatic N) is 1. The van der Waals surface area contributed by atoms with E-state index in [9.17, 15) is 13.8 Å². The predicted octanol–water partition coefficient (Wildman–Crippen LogP) is 0.459. The van der Waals surface area contributed by atoms with Gasteiger partial charge < -0.3 is 0 Å². The van der Waals surface area contributed by atoms with Gasteiger partial charge in [-0.3, -0.25) is 18.7 Å². The van der Waals surface area contributed by atoms with Crippen LogP contribution in [0, 0.1) is 0 Å². The number of carbonyl (C=O) groups is 2. The van der Waals surface area contributed by atoms with Crippen molar-refractivity contribution >= 4 is 22.6 Å². The lowest BCUT2D eigenvalue weighted by molar-refractivity contribution is -0.139. The highest BCUT2D eigenvalue weighted by atomic mass is 32.2. The maximum Gasteiger partial charge on any atom is 0.256 e. The van der Waals surface area contributed by atoms with E-state index in [-0.39, 0.29) is 17.9 Å². The zero-order chi connectivity index (χ0) is 11.6. The van der Waals surface area contributed by atoms with Gasteiger partial charge >= 0.3 is 0 Å². The van der Waals surface area contributed by atoms with Gasteiger partial charge in [0.2, 0.25) is 0 Å². The molecule has 4 nitrogen and oxygen atoms in total. The smallest absolute Gasteiger partial charge is 0.256 e. The Balaban J connectivity index is 2.62. The van der Waals surface area contributed by atoms with Crippen molar-refractivity contribution in [3.8, 4) is 0 Å². The van der Waals surface area contributed by atoms with E-state index in [2.05, 4.69) is 0 Å². The molecule has 1 rings (SSSR count). The lowest BCUT2D eigenvalue weighted by Gasteiger charge is -2.22. The Hall–Kier alpha value is -0.970. The van der Waals surface area contributed by atoms with Crippen molar-refractivity contribution in [2.75, 3.05) is 12.0 Å². The van der Waals surface area contributed by atoms with Crippen LogP contribution in [-0.4, -0.2) is 39.0 Å². The van der Waals surface area contributed by atoms with Crippen LogP contribution < -0.4 is 0 Å². The van der Waals surface area contributed by atoms with E-state index in [4.69, 9.17) is 0 Å². The quantitative estimate of drug-likeness (QED) is 0.658. The van der Waals surface area contributed by atoms with Crippen molar-refractivity contribution in [3.05, 3.63) is 11.6 Å². The van der Waals surface area contributed by atoms with E-state index in [1.54, 1.807) is 20.1 Å². The van der Waals surface area contributed by atoms with Gasteiger partial charge in [0.25, 0.3) is 11.8 Å². The van der Waals surface area contributed by atoms with Crippen molar-refractivity contribution in [1.82, 2.24) is 4.90 Å². The van der Waals surface area contributed by atoms with Crippen LogP contribution >= 0.6 is 0 Å². The molecule has 5 heteroatoms. The van der Waals surface area contributed by atoms with Gasteiger partial charge in [0, 0.05) is 40.5 Å². The molecule has 2 unspecified atom stereocenters. The summed E-state index contributed by atoms with van der Waals surface area (Å²) < 4.78 is 10.9. The van der Waals surface area contributed by atoms with Crippen LogP contribution in [0.1, 0.15) is 20.3 Å². The molecule has 15 heavy (non-hydrogen) atoms. The minimum Gasteiger partial charge on any atom is -0.272 e. The second-order valence-electron chi connectivity index (χ2n) is 3.76. The van der Waals surface area contributed by atoms with Crippen molar-refractivity contribution in [2.45, 2.75) is 26.3 Å². The Labute approximate surface area is 91.8 Å². The molecule has 0 saturated heterocycles. The minimum absolute atomic E-state index is 0.178. The lowest BCUT2D eigenvalue weighted by atomic mass is 10.2. The summed E-state index contributed by atoms with van der Waals surface area (Å²) in [5.41, 5.74) is 0.476. The average Bonchev–Trinajstić information content (AvgIpc) is 2.37. The fourth-order valence-corrected chi connectivity index (χ4v) is 2.16. The van der Waals surface area contributed by atoms with E-state index in [0.717, 1.165) is 0 Å². The fourth-order valence-electron chi connectivity index (χ4n) is 1.49. The normalized spacial score (nSPS) is 20.5. The monoisotopic (exact) mass is 229 g/mol. The summed E-state index contributed by atoms with van der Waals surface area (Å²) in [5, 5.41) is 0. The second-order valence-corrected chi connectivity index (χ2v) is 5.31. The number of carbonyl (C=O) groups excluding carboxylic acids is 2. The Morgan fingerprint density at radius 2 is 2.07 bits per heavy atom. The van der Waals surface area contributed by atoms with Crippen LogP contribution in [0.3, 0.4) is 0 Å². The highest BCUT2D eigenvalue weighted by molar-refractivity contribution is 7.84. The molecule has 0 aliphatic carbocycles. The van der Waals surface area contributed by atoms with E-state index in [0.29, 0.717) is 17.7 Å². The summed E-state index contributed by atoms with van der Waals surface area (Å²) in [4.78, 5) is 24.2. The molecule has 0 aromatic carbocycles. The molecule has 0 spiro atoms. The first-order valence-electron chi connectivity index (χ1n) is 4.79. The fraction of sp³-hybridized carbons (Fsp3) is 0.600. The highest BCUT2D eigenvalue weighted by Crippen LogP contribution is 2.17. The summed E-state index contributed by atoms with van der Waals surface area (Å²) in [5.74, 6) is 0.0263. The van der Waals surface area contributed by atoms with E-state index >= 15 is 0 Å². The van der Waals surface area contributed by atoms with Gasteiger partial charge in [-0.05, 0) is 20.3 Å². The maximum absolute atomic E-state index is 11.6. The molecule has 0 radical (unpaired) electrons. The maximum atomic E-state index is 11.6. The predicted molar refractivity (Wildman–Crippen MR) is 58.6 cm³/mol. The first-order valence-corrected chi connectivity index (χ1v) is 6.52. The molecule has 2 atom stereocenters. The summed E-state index contributed by atoms with van der Waals surface area (Å²) >= 11 is 0. The van der Waals surface area contributed by atoms with Crippen molar-refractivity contribution < 1.29 is 13.8 Å². The summed E-state index contributed by atoms with van der Waals surface area (Å²) in [6, 6.07) is -0.178. The van der Waals surface area contributed by atoms with Crippen LogP contribution in [0.15, 0.2) is 11.6 Å². The molecular formula is C10H15NO3S. The first-order chi connectivity index (χ1) is 6.93. The van der Waals surface area contributed by atoms with E-state index in [1.165, 1.54) is 11.0 Å². The first kappa shape index (κ1) is 12.1. The van der Waals surface area contributed by atoms with Crippen LogP contribution in [0.4, 0.5) is 0 Å². The Morgan fingerprint density at radius 3 is 2.47 bits per heavy atom. The molecule has 2 amide bonds. The molecular weight excluding hydrogens is 214 g/mol. The molecule has 1 aliphatic heterocycles. The topological polar surface area (TPSA) is 54.5 Å². The molecule has 0 aromatic rings. The van der Waals surface area contributed by atoms with Crippen molar-refractivity contribution in [1.29, 1.82) is 0 Å². The van der Waals surface area contributed by atoms with E-state index < -0.39 is 10.8 Å². The molecule has 0 aromatic heterocycles. The molecule has 0 N–H and O–H groups in total. The summed E-state index contributed by atoms with van der Waals surface area (Å²) in [6.07, 6.45) is 3.55. The molecule has 0 saturated carbocycles. The van der Waals surface area contributed by atoms with Crippen LogP contribution in [0.25, 0.3) is 0 Å². The number of amides is 2. The van der Waals surface area contributed by atoms with Gasteiger partial charge in [-0.2, -0.15) is 0 Å². The number of hydrogen-bond acceptors (Lipinski definition) is 3. The minimum atomic E-state index is -0.884. The SMILES string of the molecule is CC1=CC(=O)N(C(C)CCS(C)=O)C1=O. The van der Waals surface area contributed by atoms with Crippen LogP contribution in [0.2, 0.25) is 0 Å². The lowest BCUT2D eigenvalue weighted by Crippen LogP contribution is -2.39. The van der Waals surface area contributed by atoms with Crippen LogP contribution in [-0.2, 0) is 20.4 Å². The molecule has 1 aliphatic rings. The van der Waals surface area contributed by atoms with Gasteiger partial charge in [-0.1, -0.05) is 0 Å². The molecule has 0 fully saturated rings. The van der Waals surface area contributed by atoms with Gasteiger partial charge in [0.05, 0.1) is 0 Å². The molecule has 0 bridgehead atoms. The van der Waals surface area contributed by atoms with E-state index in [1.807, 2.05) is 0 Å².